The molecule has 18 heavy (non-hydrogen) atoms. The van der Waals surface area contributed by atoms with Gasteiger partial charge >= 0.3 is 0 Å². The standard InChI is InChI=1S/C14H12BrN3/c15-12-5-2-1-4-11(12)10-17-14-7-3-6-13-16-8-9-18(13)14/h1-9,17H,10H2. The molecular formula is C14H12BrN3. The number of halogens is 1. The highest BCUT2D eigenvalue weighted by Gasteiger charge is 2.01. The minimum atomic E-state index is 0.777. The molecule has 1 aromatic carbocycles. The van der Waals surface area contributed by atoms with Crippen LogP contribution in [0.3, 0.4) is 0 Å². The quantitative estimate of drug-likeness (QED) is 0.799. The van der Waals surface area contributed by atoms with E-state index in [0.717, 1.165) is 22.5 Å². The summed E-state index contributed by atoms with van der Waals surface area (Å²) in [6, 6.07) is 14.3. The first-order chi connectivity index (χ1) is 8.84. The van der Waals surface area contributed by atoms with Crippen molar-refractivity contribution in [2.75, 3.05) is 5.32 Å². The van der Waals surface area contributed by atoms with Crippen molar-refractivity contribution in [3.8, 4) is 0 Å². The lowest BCUT2D eigenvalue weighted by molar-refractivity contribution is 1.07. The van der Waals surface area contributed by atoms with Crippen molar-refractivity contribution in [1.82, 2.24) is 9.38 Å². The molecule has 0 atom stereocenters. The third kappa shape index (κ3) is 2.11. The minimum absolute atomic E-state index is 0.777. The van der Waals surface area contributed by atoms with Gasteiger partial charge in [0.05, 0.1) is 0 Å². The fourth-order valence-electron chi connectivity index (χ4n) is 1.92. The highest BCUT2D eigenvalue weighted by atomic mass is 79.9. The average molecular weight is 302 g/mol. The molecule has 90 valence electrons. The maximum Gasteiger partial charge on any atom is 0.138 e. The van der Waals surface area contributed by atoms with Crippen LogP contribution in [0.25, 0.3) is 5.65 Å². The lowest BCUT2D eigenvalue weighted by Crippen LogP contribution is -2.04. The Hall–Kier alpha value is -1.81. The summed E-state index contributed by atoms with van der Waals surface area (Å²) in [6.07, 6.45) is 3.76. The summed E-state index contributed by atoms with van der Waals surface area (Å²) in [5.74, 6) is 1.04. The molecule has 0 aliphatic rings. The Bertz CT molecular complexity index is 675. The number of nitrogens with zero attached hydrogens (tertiary/aromatic N) is 2. The summed E-state index contributed by atoms with van der Waals surface area (Å²) >= 11 is 3.55. The van der Waals surface area contributed by atoms with Crippen molar-refractivity contribution >= 4 is 27.4 Å². The van der Waals surface area contributed by atoms with Gasteiger partial charge < -0.3 is 5.32 Å². The van der Waals surface area contributed by atoms with Gasteiger partial charge in [0.2, 0.25) is 0 Å². The summed E-state index contributed by atoms with van der Waals surface area (Å²) in [5.41, 5.74) is 2.18. The number of benzene rings is 1. The molecule has 0 aliphatic heterocycles. The van der Waals surface area contributed by atoms with Crippen molar-refractivity contribution in [1.29, 1.82) is 0 Å². The van der Waals surface area contributed by atoms with Gasteiger partial charge in [-0.2, -0.15) is 0 Å². The first kappa shape index (κ1) is 11.3. The van der Waals surface area contributed by atoms with Gasteiger partial charge in [-0.1, -0.05) is 40.2 Å². The maximum absolute atomic E-state index is 4.27. The Morgan fingerprint density at radius 2 is 2.00 bits per heavy atom. The van der Waals surface area contributed by atoms with Gasteiger partial charge in [0.25, 0.3) is 0 Å². The van der Waals surface area contributed by atoms with Crippen LogP contribution in [0.1, 0.15) is 5.56 Å². The Kier molecular flexibility index (Phi) is 3.02. The van der Waals surface area contributed by atoms with E-state index in [-0.39, 0.29) is 0 Å². The van der Waals surface area contributed by atoms with E-state index in [1.54, 1.807) is 6.20 Å². The molecule has 0 radical (unpaired) electrons. The maximum atomic E-state index is 4.27. The topological polar surface area (TPSA) is 29.3 Å². The summed E-state index contributed by atoms with van der Waals surface area (Å²) in [5, 5.41) is 3.42. The number of anilines is 1. The van der Waals surface area contributed by atoms with Gasteiger partial charge in [0.1, 0.15) is 11.5 Å². The van der Waals surface area contributed by atoms with Crippen LogP contribution in [-0.2, 0) is 6.54 Å². The number of hydrogen-bond acceptors (Lipinski definition) is 2. The third-order valence-corrected chi connectivity index (χ3v) is 3.62. The van der Waals surface area contributed by atoms with E-state index in [2.05, 4.69) is 38.4 Å². The predicted molar refractivity (Wildman–Crippen MR) is 76.7 cm³/mol. The van der Waals surface area contributed by atoms with E-state index in [9.17, 15) is 0 Å². The van der Waals surface area contributed by atoms with Crippen LogP contribution in [0.5, 0.6) is 0 Å². The molecule has 0 saturated carbocycles. The SMILES string of the molecule is Brc1ccccc1CNc1cccc2nccn12. The van der Waals surface area contributed by atoms with E-state index < -0.39 is 0 Å². The Labute approximate surface area is 114 Å². The summed E-state index contributed by atoms with van der Waals surface area (Å²) in [4.78, 5) is 4.27. The van der Waals surface area contributed by atoms with E-state index in [1.807, 2.05) is 40.9 Å². The zero-order chi connectivity index (χ0) is 12.4. The van der Waals surface area contributed by atoms with Gasteiger partial charge in [0, 0.05) is 23.4 Å². The van der Waals surface area contributed by atoms with Crippen LogP contribution in [0.2, 0.25) is 0 Å². The number of hydrogen-bond donors (Lipinski definition) is 1. The predicted octanol–water partition coefficient (Wildman–Crippen LogP) is 3.71. The Morgan fingerprint density at radius 1 is 1.11 bits per heavy atom. The molecule has 0 spiro atoms. The van der Waals surface area contributed by atoms with Crippen LogP contribution in [0.15, 0.2) is 59.3 Å². The molecule has 1 N–H and O–H groups in total. The lowest BCUT2D eigenvalue weighted by Gasteiger charge is -2.10. The molecular weight excluding hydrogens is 290 g/mol. The second-order valence-corrected chi connectivity index (χ2v) is 4.87. The van der Waals surface area contributed by atoms with Crippen molar-refractivity contribution in [2.45, 2.75) is 6.54 Å². The molecule has 0 bridgehead atoms. The fourth-order valence-corrected chi connectivity index (χ4v) is 2.34. The van der Waals surface area contributed by atoms with Crippen molar-refractivity contribution < 1.29 is 0 Å². The zero-order valence-electron chi connectivity index (χ0n) is 9.68. The average Bonchev–Trinajstić information content (AvgIpc) is 2.86. The molecule has 0 unspecified atom stereocenters. The molecule has 2 aromatic heterocycles. The molecule has 3 nitrogen and oxygen atoms in total. The third-order valence-electron chi connectivity index (χ3n) is 2.85. The smallest absolute Gasteiger partial charge is 0.138 e. The van der Waals surface area contributed by atoms with E-state index in [4.69, 9.17) is 0 Å². The van der Waals surface area contributed by atoms with E-state index >= 15 is 0 Å². The molecule has 0 saturated heterocycles. The van der Waals surface area contributed by atoms with Crippen LogP contribution < -0.4 is 5.32 Å². The number of rotatable bonds is 3. The van der Waals surface area contributed by atoms with Crippen LogP contribution in [-0.4, -0.2) is 9.38 Å². The monoisotopic (exact) mass is 301 g/mol. The molecule has 0 amide bonds. The second kappa shape index (κ2) is 4.82. The highest BCUT2D eigenvalue weighted by Crippen LogP contribution is 2.18. The second-order valence-electron chi connectivity index (χ2n) is 4.01. The van der Waals surface area contributed by atoms with Crippen LogP contribution in [0, 0.1) is 0 Å². The molecule has 0 aliphatic carbocycles. The van der Waals surface area contributed by atoms with Gasteiger partial charge in [-0.05, 0) is 23.8 Å². The van der Waals surface area contributed by atoms with Crippen LogP contribution in [0.4, 0.5) is 5.82 Å². The number of aromatic nitrogens is 2. The first-order valence-corrected chi connectivity index (χ1v) is 6.53. The van der Waals surface area contributed by atoms with Crippen molar-refractivity contribution in [3.05, 3.63) is 64.9 Å². The molecule has 3 rings (SSSR count). The number of pyridine rings is 1. The van der Waals surface area contributed by atoms with Gasteiger partial charge in [-0.15, -0.1) is 0 Å². The zero-order valence-corrected chi connectivity index (χ0v) is 11.3. The summed E-state index contributed by atoms with van der Waals surface area (Å²) in [7, 11) is 0. The fraction of sp³-hybridized carbons (Fsp3) is 0.0714. The Balaban J connectivity index is 1.85. The summed E-state index contributed by atoms with van der Waals surface area (Å²) < 4.78 is 3.16. The van der Waals surface area contributed by atoms with Crippen molar-refractivity contribution in [3.63, 3.8) is 0 Å². The van der Waals surface area contributed by atoms with E-state index in [1.165, 1.54) is 5.56 Å². The molecule has 3 aromatic rings. The number of imidazole rings is 1. The number of fused-ring (bicyclic) bond motifs is 1. The largest absolute Gasteiger partial charge is 0.367 e. The van der Waals surface area contributed by atoms with Gasteiger partial charge in [0.15, 0.2) is 0 Å². The molecule has 0 fully saturated rings. The minimum Gasteiger partial charge on any atom is -0.367 e. The normalized spacial score (nSPS) is 10.7. The van der Waals surface area contributed by atoms with E-state index in [0.29, 0.717) is 0 Å². The van der Waals surface area contributed by atoms with Crippen LogP contribution >= 0.6 is 15.9 Å². The highest BCUT2D eigenvalue weighted by molar-refractivity contribution is 9.10. The lowest BCUT2D eigenvalue weighted by atomic mass is 10.2. The van der Waals surface area contributed by atoms with Crippen molar-refractivity contribution in [2.24, 2.45) is 0 Å². The molecule has 2 heterocycles. The first-order valence-electron chi connectivity index (χ1n) is 5.74. The molecule has 4 heteroatoms. The van der Waals surface area contributed by atoms with Gasteiger partial charge in [-0.3, -0.25) is 4.40 Å². The number of nitrogens with one attached hydrogen (secondary N) is 1. The van der Waals surface area contributed by atoms with Gasteiger partial charge in [-0.25, -0.2) is 4.98 Å². The summed E-state index contributed by atoms with van der Waals surface area (Å²) in [6.45, 7) is 0.777. The Morgan fingerprint density at radius 3 is 2.89 bits per heavy atom.